The van der Waals surface area contributed by atoms with E-state index in [9.17, 15) is 0 Å². The number of amidine groups is 1. The predicted molar refractivity (Wildman–Crippen MR) is 165 cm³/mol. The lowest BCUT2D eigenvalue weighted by atomic mass is 9.87. The standard InChI is InChI=1S/C30H44N6O3S/c1-6-23(21-8-10-22(11-9-21)34-26-18-25(39-36-26)29(2,3)4)31-20-32-24-12-13-27(35-28(24)40)38-19-30(14-15-30)33-16-7-17-37-5/h6,8-10,12-13,20,22,25,33H,7,11,14-19H2,1-5H3,(H,31,32)(H,34,36)(H,35,40)/b23-6-. The molecule has 0 aromatic carbocycles. The van der Waals surface area contributed by atoms with Gasteiger partial charge in [0.1, 0.15) is 17.1 Å². The van der Waals surface area contributed by atoms with E-state index in [0.717, 1.165) is 68.0 Å². The molecular weight excluding hydrogens is 524 g/mol. The van der Waals surface area contributed by atoms with Crippen molar-refractivity contribution in [2.45, 2.75) is 77.5 Å². The van der Waals surface area contributed by atoms with Crippen LogP contribution in [0.4, 0.5) is 5.69 Å². The highest BCUT2D eigenvalue weighted by Gasteiger charge is 2.43. The Balaban J connectivity index is 1.24. The van der Waals surface area contributed by atoms with Crippen molar-refractivity contribution in [3.05, 3.63) is 52.3 Å². The average Bonchev–Trinajstić information content (AvgIpc) is 3.54. The van der Waals surface area contributed by atoms with Gasteiger partial charge in [-0.25, -0.2) is 4.99 Å². The van der Waals surface area contributed by atoms with E-state index in [-0.39, 0.29) is 23.1 Å². The summed E-state index contributed by atoms with van der Waals surface area (Å²) >= 11 is 5.54. The molecule has 9 nitrogen and oxygen atoms in total. The van der Waals surface area contributed by atoms with E-state index >= 15 is 0 Å². The predicted octanol–water partition coefficient (Wildman–Crippen LogP) is 5.62. The van der Waals surface area contributed by atoms with Gasteiger partial charge in [-0.05, 0) is 56.2 Å². The van der Waals surface area contributed by atoms with E-state index in [2.05, 4.69) is 65.1 Å². The molecule has 0 radical (unpaired) electrons. The normalized spacial score (nSPS) is 23.4. The molecule has 1 saturated carbocycles. The van der Waals surface area contributed by atoms with Crippen LogP contribution in [0.3, 0.4) is 0 Å². The Morgan fingerprint density at radius 1 is 1.30 bits per heavy atom. The number of nitrogens with one attached hydrogen (secondary N) is 4. The van der Waals surface area contributed by atoms with Gasteiger partial charge in [0, 0.05) is 26.2 Å². The van der Waals surface area contributed by atoms with Crippen molar-refractivity contribution in [3.63, 3.8) is 0 Å². The summed E-state index contributed by atoms with van der Waals surface area (Å²) in [7, 11) is 1.73. The van der Waals surface area contributed by atoms with Crippen LogP contribution in [-0.4, -0.2) is 61.7 Å². The number of H-pyrrole nitrogens is 1. The summed E-state index contributed by atoms with van der Waals surface area (Å²) in [4.78, 5) is 18.4. The van der Waals surface area contributed by atoms with Crippen LogP contribution >= 0.6 is 12.2 Å². The molecule has 40 heavy (non-hydrogen) atoms. The number of methoxy groups -OCH3 is 1. The van der Waals surface area contributed by atoms with Crippen molar-refractivity contribution in [1.82, 2.24) is 15.8 Å². The summed E-state index contributed by atoms with van der Waals surface area (Å²) < 4.78 is 11.7. The smallest absolute Gasteiger partial charge is 0.191 e. The summed E-state index contributed by atoms with van der Waals surface area (Å²) in [5, 5.41) is 6.79. The van der Waals surface area contributed by atoms with Crippen molar-refractivity contribution in [1.29, 1.82) is 0 Å². The number of hydrogen-bond donors (Lipinski definition) is 4. The molecule has 1 saturated heterocycles. The van der Waals surface area contributed by atoms with Crippen molar-refractivity contribution >= 4 is 30.1 Å². The van der Waals surface area contributed by atoms with Gasteiger partial charge in [-0.3, -0.25) is 15.3 Å². The third-order valence-electron chi connectivity index (χ3n) is 7.32. The number of aromatic amines is 1. The van der Waals surface area contributed by atoms with Gasteiger partial charge in [-0.15, -0.1) is 0 Å². The van der Waals surface area contributed by atoms with Gasteiger partial charge in [0.2, 0.25) is 0 Å². The van der Waals surface area contributed by atoms with Crippen molar-refractivity contribution in [2.75, 3.05) is 32.2 Å². The van der Waals surface area contributed by atoms with E-state index in [1.165, 1.54) is 0 Å². The molecule has 3 aliphatic rings. The van der Waals surface area contributed by atoms with Gasteiger partial charge >= 0.3 is 0 Å². The highest BCUT2D eigenvalue weighted by molar-refractivity contribution is 7.71. The number of hydroxylamine groups is 1. The van der Waals surface area contributed by atoms with Gasteiger partial charge < -0.3 is 25.1 Å². The fraction of sp³-hybridized carbons (Fsp3) is 0.567. The molecule has 10 heteroatoms. The van der Waals surface area contributed by atoms with Crippen molar-refractivity contribution in [3.8, 4) is 5.88 Å². The number of ether oxygens (including phenoxy) is 2. The van der Waals surface area contributed by atoms with E-state index < -0.39 is 0 Å². The lowest BCUT2D eigenvalue weighted by Gasteiger charge is -2.23. The first kappa shape index (κ1) is 30.2. The molecule has 218 valence electrons. The molecular formula is C30H44N6O3S. The lowest BCUT2D eigenvalue weighted by molar-refractivity contribution is -0.0198. The van der Waals surface area contributed by atoms with Crippen LogP contribution in [0.15, 0.2) is 57.7 Å². The van der Waals surface area contributed by atoms with Crippen molar-refractivity contribution in [2.24, 2.45) is 15.4 Å². The van der Waals surface area contributed by atoms with Crippen LogP contribution in [0.5, 0.6) is 5.88 Å². The number of aliphatic imine (C=N–C) groups is 2. The number of rotatable bonds is 13. The Morgan fingerprint density at radius 3 is 2.75 bits per heavy atom. The molecule has 2 aliphatic carbocycles. The largest absolute Gasteiger partial charge is 0.477 e. The second kappa shape index (κ2) is 13.7. The summed E-state index contributed by atoms with van der Waals surface area (Å²) in [6.07, 6.45) is 15.0. The van der Waals surface area contributed by atoms with E-state index in [1.807, 2.05) is 25.1 Å². The average molecular weight is 569 g/mol. The van der Waals surface area contributed by atoms with Crippen LogP contribution < -0.4 is 20.9 Å². The fourth-order valence-corrected chi connectivity index (χ4v) is 4.73. The number of nitrogens with zero attached hydrogens (tertiary/aromatic N) is 2. The zero-order chi connectivity index (χ0) is 28.6. The van der Waals surface area contributed by atoms with E-state index in [4.69, 9.17) is 31.5 Å². The summed E-state index contributed by atoms with van der Waals surface area (Å²) in [5.41, 5.74) is 5.88. The first-order valence-corrected chi connectivity index (χ1v) is 14.5. The second-order valence-electron chi connectivity index (χ2n) is 11.7. The molecule has 0 bridgehead atoms. The van der Waals surface area contributed by atoms with Gasteiger partial charge in [0.15, 0.2) is 5.88 Å². The summed E-state index contributed by atoms with van der Waals surface area (Å²) in [6, 6.07) is 3.90. The molecule has 4 N–H and O–H groups in total. The zero-order valence-corrected chi connectivity index (χ0v) is 25.2. The van der Waals surface area contributed by atoms with Gasteiger partial charge in [0.25, 0.3) is 0 Å². The minimum absolute atomic E-state index is 0.0714. The third kappa shape index (κ3) is 8.60. The number of aromatic nitrogens is 1. The maximum absolute atomic E-state index is 6.01. The Labute approximate surface area is 243 Å². The Kier molecular flexibility index (Phi) is 10.3. The number of allylic oxidation sites excluding steroid dienone is 2. The van der Waals surface area contributed by atoms with Crippen LogP contribution in [0.25, 0.3) is 0 Å². The molecule has 0 spiro atoms. The van der Waals surface area contributed by atoms with Crippen LogP contribution in [0, 0.1) is 10.1 Å². The van der Waals surface area contributed by atoms with E-state index in [1.54, 1.807) is 13.4 Å². The molecule has 2 heterocycles. The number of pyridine rings is 1. The monoisotopic (exact) mass is 568 g/mol. The fourth-order valence-electron chi connectivity index (χ4n) is 4.50. The van der Waals surface area contributed by atoms with Crippen LogP contribution in [-0.2, 0) is 9.57 Å². The van der Waals surface area contributed by atoms with Gasteiger partial charge in [-0.2, -0.15) is 0 Å². The Bertz CT molecular complexity index is 1220. The third-order valence-corrected chi connectivity index (χ3v) is 7.64. The minimum Gasteiger partial charge on any atom is -0.477 e. The molecule has 0 amide bonds. The maximum Gasteiger partial charge on any atom is 0.191 e. The Morgan fingerprint density at radius 2 is 2.12 bits per heavy atom. The SMILES string of the molecule is C/C=C(\N=CNc1ccc(OCC2(NCCCOC)CC2)[nH]c1=S)C1=CCC(N=C2CC(C(C)(C)C)ON2)C=C1. The summed E-state index contributed by atoms with van der Waals surface area (Å²) in [5.74, 6) is 1.57. The minimum atomic E-state index is 0.0714. The quantitative estimate of drug-likeness (QED) is 0.106. The number of anilines is 1. The highest BCUT2D eigenvalue weighted by Crippen LogP contribution is 2.35. The zero-order valence-electron chi connectivity index (χ0n) is 24.4. The topological polar surface area (TPSA) is 104 Å². The van der Waals surface area contributed by atoms with Crippen LogP contribution in [0.1, 0.15) is 59.8 Å². The van der Waals surface area contributed by atoms with Crippen LogP contribution in [0.2, 0.25) is 0 Å². The lowest BCUT2D eigenvalue weighted by Crippen LogP contribution is -2.38. The maximum atomic E-state index is 6.01. The molecule has 1 aliphatic heterocycles. The van der Waals surface area contributed by atoms with E-state index in [0.29, 0.717) is 17.1 Å². The van der Waals surface area contributed by atoms with Crippen molar-refractivity contribution < 1.29 is 14.3 Å². The molecule has 2 fully saturated rings. The van der Waals surface area contributed by atoms with Gasteiger partial charge in [-0.1, -0.05) is 57.3 Å². The summed E-state index contributed by atoms with van der Waals surface area (Å²) in [6.45, 7) is 10.8. The molecule has 1 aromatic heterocycles. The highest BCUT2D eigenvalue weighted by atomic mass is 32.1. The number of hydrogen-bond acceptors (Lipinski definition) is 7. The molecule has 4 rings (SSSR count). The molecule has 1 aromatic rings. The Hall–Kier alpha value is -2.79. The first-order valence-electron chi connectivity index (χ1n) is 14.1. The second-order valence-corrected chi connectivity index (χ2v) is 12.1. The molecule has 2 atom stereocenters. The van der Waals surface area contributed by atoms with Gasteiger partial charge in [0.05, 0.1) is 35.4 Å². The first-order chi connectivity index (χ1) is 19.2. The molecule has 2 unspecified atom stereocenters.